The largest absolute Gasteiger partial charge is 0.372 e. The van der Waals surface area contributed by atoms with Gasteiger partial charge in [0.05, 0.1) is 11.8 Å². The van der Waals surface area contributed by atoms with Crippen molar-refractivity contribution in [2.24, 2.45) is 0 Å². The quantitative estimate of drug-likeness (QED) is 0.697. The van der Waals surface area contributed by atoms with Gasteiger partial charge in [-0.25, -0.2) is 4.98 Å². The van der Waals surface area contributed by atoms with E-state index in [1.54, 1.807) is 25.4 Å². The average Bonchev–Trinajstić information content (AvgIpc) is 2.88. The van der Waals surface area contributed by atoms with Crippen LogP contribution in [0.25, 0.3) is 0 Å². The molecule has 2 rings (SSSR count). The topological polar surface area (TPSA) is 82.7 Å². The normalized spacial score (nSPS) is 10.3. The number of nitrogens with zero attached hydrogens (tertiary/aromatic N) is 2. The average molecular weight is 273 g/mol. The van der Waals surface area contributed by atoms with Crippen LogP contribution < -0.4 is 10.6 Å². The lowest BCUT2D eigenvalue weighted by Gasteiger charge is -2.08. The number of nitrogens with one attached hydrogen (secondary N) is 3. The maximum atomic E-state index is 12.0. The Labute approximate surface area is 118 Å². The van der Waals surface area contributed by atoms with Gasteiger partial charge in [-0.2, -0.15) is 5.10 Å². The second kappa shape index (κ2) is 6.70. The fraction of sp³-hybridized carbons (Fsp3) is 0.357. The van der Waals surface area contributed by atoms with Crippen LogP contribution in [0.1, 0.15) is 28.0 Å². The first-order valence-electron chi connectivity index (χ1n) is 6.62. The van der Waals surface area contributed by atoms with E-state index in [1.165, 1.54) is 5.56 Å². The van der Waals surface area contributed by atoms with E-state index in [-0.39, 0.29) is 5.91 Å². The Morgan fingerprint density at radius 3 is 3.00 bits per heavy atom. The number of hydrogen-bond donors (Lipinski definition) is 3. The summed E-state index contributed by atoms with van der Waals surface area (Å²) in [7, 11) is 1.75. The molecule has 0 radical (unpaired) electrons. The van der Waals surface area contributed by atoms with E-state index in [1.807, 2.05) is 13.1 Å². The lowest BCUT2D eigenvalue weighted by Crippen LogP contribution is -2.25. The first kappa shape index (κ1) is 14.0. The Bertz CT molecular complexity index is 578. The molecule has 6 nitrogen and oxygen atoms in total. The Balaban J connectivity index is 1.82. The predicted octanol–water partition coefficient (Wildman–Crippen LogP) is 1.52. The highest BCUT2D eigenvalue weighted by Crippen LogP contribution is 2.10. The zero-order valence-electron chi connectivity index (χ0n) is 11.7. The van der Waals surface area contributed by atoms with E-state index in [0.29, 0.717) is 17.9 Å². The van der Waals surface area contributed by atoms with Gasteiger partial charge >= 0.3 is 0 Å². The van der Waals surface area contributed by atoms with Crippen LogP contribution in [0.2, 0.25) is 0 Å². The summed E-state index contributed by atoms with van der Waals surface area (Å²) in [6.45, 7) is 2.62. The van der Waals surface area contributed by atoms with Gasteiger partial charge in [0.25, 0.3) is 5.91 Å². The van der Waals surface area contributed by atoms with Crippen LogP contribution in [0, 0.1) is 6.92 Å². The molecule has 20 heavy (non-hydrogen) atoms. The standard InChI is InChI=1S/C14H19N5O/c1-10-11(9-18-19-10)5-3-8-17-14(20)12-6-4-7-16-13(12)15-2/h4,6-7,9H,3,5,8H2,1-2H3,(H,15,16)(H,17,20)(H,18,19). The summed E-state index contributed by atoms with van der Waals surface area (Å²) in [5.41, 5.74) is 2.84. The third kappa shape index (κ3) is 3.34. The minimum absolute atomic E-state index is 0.105. The molecule has 0 saturated carbocycles. The molecule has 0 aliphatic carbocycles. The number of pyridine rings is 1. The predicted molar refractivity (Wildman–Crippen MR) is 77.8 cm³/mol. The number of H-pyrrole nitrogens is 1. The second-order valence-corrected chi connectivity index (χ2v) is 4.53. The van der Waals surface area contributed by atoms with Gasteiger partial charge in [0.15, 0.2) is 0 Å². The van der Waals surface area contributed by atoms with E-state index < -0.39 is 0 Å². The number of carbonyl (C=O) groups excluding carboxylic acids is 1. The molecular weight excluding hydrogens is 254 g/mol. The molecule has 6 heteroatoms. The summed E-state index contributed by atoms with van der Waals surface area (Å²) in [6.07, 6.45) is 5.26. The Morgan fingerprint density at radius 2 is 2.30 bits per heavy atom. The molecule has 2 heterocycles. The molecule has 2 aromatic rings. The van der Waals surface area contributed by atoms with Crippen LogP contribution in [0.5, 0.6) is 0 Å². The summed E-state index contributed by atoms with van der Waals surface area (Å²) < 4.78 is 0. The van der Waals surface area contributed by atoms with Crippen LogP contribution in [0.4, 0.5) is 5.82 Å². The van der Waals surface area contributed by atoms with Gasteiger partial charge in [-0.15, -0.1) is 0 Å². The monoisotopic (exact) mass is 273 g/mol. The first-order valence-corrected chi connectivity index (χ1v) is 6.62. The van der Waals surface area contributed by atoms with Crippen LogP contribution in [0.15, 0.2) is 24.5 Å². The van der Waals surface area contributed by atoms with E-state index in [9.17, 15) is 4.79 Å². The maximum absolute atomic E-state index is 12.0. The minimum atomic E-state index is -0.105. The van der Waals surface area contributed by atoms with Gasteiger partial charge in [-0.05, 0) is 37.5 Å². The van der Waals surface area contributed by atoms with E-state index in [2.05, 4.69) is 25.8 Å². The Kier molecular flexibility index (Phi) is 4.70. The van der Waals surface area contributed by atoms with Gasteiger partial charge in [-0.1, -0.05) is 0 Å². The lowest BCUT2D eigenvalue weighted by molar-refractivity contribution is 0.0953. The number of amides is 1. The molecule has 0 aromatic carbocycles. The van der Waals surface area contributed by atoms with Crippen molar-refractivity contribution in [1.29, 1.82) is 0 Å². The number of aromatic nitrogens is 3. The summed E-state index contributed by atoms with van der Waals surface area (Å²) in [5, 5.41) is 12.7. The Hall–Kier alpha value is -2.37. The highest BCUT2D eigenvalue weighted by Gasteiger charge is 2.10. The van der Waals surface area contributed by atoms with Crippen LogP contribution in [-0.4, -0.2) is 34.7 Å². The highest BCUT2D eigenvalue weighted by atomic mass is 16.1. The first-order chi connectivity index (χ1) is 9.72. The zero-order valence-corrected chi connectivity index (χ0v) is 11.7. The van der Waals surface area contributed by atoms with Crippen molar-refractivity contribution in [3.05, 3.63) is 41.3 Å². The second-order valence-electron chi connectivity index (χ2n) is 4.53. The van der Waals surface area contributed by atoms with Crippen molar-refractivity contribution in [3.63, 3.8) is 0 Å². The van der Waals surface area contributed by atoms with Gasteiger partial charge in [0.1, 0.15) is 5.82 Å². The third-order valence-electron chi connectivity index (χ3n) is 3.13. The number of aryl methyl sites for hydroxylation is 2. The lowest BCUT2D eigenvalue weighted by atomic mass is 10.1. The van der Waals surface area contributed by atoms with Crippen LogP contribution in [-0.2, 0) is 6.42 Å². The molecule has 0 aliphatic rings. The van der Waals surface area contributed by atoms with Crippen molar-refractivity contribution in [1.82, 2.24) is 20.5 Å². The van der Waals surface area contributed by atoms with Crippen molar-refractivity contribution >= 4 is 11.7 Å². The zero-order chi connectivity index (χ0) is 14.4. The molecule has 0 unspecified atom stereocenters. The van der Waals surface area contributed by atoms with Crippen LogP contribution in [0.3, 0.4) is 0 Å². The number of aromatic amines is 1. The molecular formula is C14H19N5O. The molecule has 0 fully saturated rings. The molecule has 0 bridgehead atoms. The molecule has 0 saturated heterocycles. The minimum Gasteiger partial charge on any atom is -0.372 e. The van der Waals surface area contributed by atoms with Gasteiger partial charge in [-0.3, -0.25) is 9.89 Å². The number of rotatable bonds is 6. The van der Waals surface area contributed by atoms with Crippen molar-refractivity contribution < 1.29 is 4.79 Å². The third-order valence-corrected chi connectivity index (χ3v) is 3.13. The van der Waals surface area contributed by atoms with Crippen molar-refractivity contribution in [2.75, 3.05) is 18.9 Å². The van der Waals surface area contributed by atoms with E-state index in [4.69, 9.17) is 0 Å². The van der Waals surface area contributed by atoms with Crippen LogP contribution >= 0.6 is 0 Å². The summed E-state index contributed by atoms with van der Waals surface area (Å²) in [4.78, 5) is 16.2. The van der Waals surface area contributed by atoms with E-state index in [0.717, 1.165) is 18.5 Å². The maximum Gasteiger partial charge on any atom is 0.255 e. The molecule has 3 N–H and O–H groups in total. The summed E-state index contributed by atoms with van der Waals surface area (Å²) >= 11 is 0. The molecule has 0 aliphatic heterocycles. The fourth-order valence-electron chi connectivity index (χ4n) is 1.99. The number of anilines is 1. The summed E-state index contributed by atoms with van der Waals surface area (Å²) in [6, 6.07) is 3.51. The van der Waals surface area contributed by atoms with Gasteiger partial charge < -0.3 is 10.6 Å². The molecule has 1 amide bonds. The molecule has 2 aromatic heterocycles. The molecule has 0 atom stereocenters. The smallest absolute Gasteiger partial charge is 0.255 e. The van der Waals surface area contributed by atoms with Gasteiger partial charge in [0.2, 0.25) is 0 Å². The molecule has 106 valence electrons. The fourth-order valence-corrected chi connectivity index (χ4v) is 1.99. The van der Waals surface area contributed by atoms with E-state index >= 15 is 0 Å². The Morgan fingerprint density at radius 1 is 1.45 bits per heavy atom. The number of hydrogen-bond acceptors (Lipinski definition) is 4. The molecule has 0 spiro atoms. The highest BCUT2D eigenvalue weighted by molar-refractivity contribution is 5.98. The van der Waals surface area contributed by atoms with Crippen molar-refractivity contribution in [3.8, 4) is 0 Å². The van der Waals surface area contributed by atoms with Gasteiger partial charge in [0, 0.05) is 25.5 Å². The number of carbonyl (C=O) groups is 1. The SMILES string of the molecule is CNc1ncccc1C(=O)NCCCc1cn[nH]c1C. The summed E-state index contributed by atoms with van der Waals surface area (Å²) in [5.74, 6) is 0.488. The van der Waals surface area contributed by atoms with Crippen molar-refractivity contribution in [2.45, 2.75) is 19.8 Å².